The molecule has 0 saturated carbocycles. The third-order valence-corrected chi connectivity index (χ3v) is 6.53. The molecule has 43 heavy (non-hydrogen) atoms. The summed E-state index contributed by atoms with van der Waals surface area (Å²) in [5.41, 5.74) is 17.0. The molecule has 4 atom stereocenters. The van der Waals surface area contributed by atoms with E-state index in [0.29, 0.717) is 31.4 Å². The van der Waals surface area contributed by atoms with E-state index < -0.39 is 72.6 Å². The van der Waals surface area contributed by atoms with E-state index in [9.17, 15) is 33.9 Å². The molecule has 16 heteroatoms. The molecule has 1 unspecified atom stereocenters. The number of aliphatic imine (C=N–C) groups is 1. The molecule has 0 aromatic heterocycles. The van der Waals surface area contributed by atoms with Gasteiger partial charge in [0.25, 0.3) is 0 Å². The average Bonchev–Trinajstić information content (AvgIpc) is 2.95. The molecule has 0 spiro atoms. The van der Waals surface area contributed by atoms with E-state index in [1.807, 2.05) is 0 Å². The van der Waals surface area contributed by atoms with Crippen LogP contribution in [0.5, 0.6) is 0 Å². The van der Waals surface area contributed by atoms with Crippen LogP contribution in [0.15, 0.2) is 35.3 Å². The van der Waals surface area contributed by atoms with Gasteiger partial charge >= 0.3 is 5.97 Å². The monoisotopic (exact) mass is 603 g/mol. The number of nitrogens with zero attached hydrogens (tertiary/aromatic N) is 1. The zero-order chi connectivity index (χ0) is 31.8. The van der Waals surface area contributed by atoms with Gasteiger partial charge in [0.1, 0.15) is 24.2 Å². The maximum absolute atomic E-state index is 13.6. The number of guanidine groups is 1. The van der Waals surface area contributed by atoms with Crippen LogP contribution in [-0.2, 0) is 35.2 Å². The molecule has 1 aromatic rings. The van der Waals surface area contributed by atoms with E-state index in [1.54, 1.807) is 30.3 Å². The minimum absolute atomic E-state index is 0.0107. The number of carboxylic acids is 1. The van der Waals surface area contributed by atoms with Crippen LogP contribution in [0.2, 0.25) is 0 Å². The summed E-state index contributed by atoms with van der Waals surface area (Å²) in [6.45, 7) is -0.0746. The Hall–Kier alpha value is -4.73. The van der Waals surface area contributed by atoms with Crippen molar-refractivity contribution in [2.24, 2.45) is 22.2 Å². The molecule has 0 radical (unpaired) electrons. The molecular weight excluding hydrogens is 562 g/mol. The average molecular weight is 604 g/mol. The quantitative estimate of drug-likeness (QED) is 0.0661. The first-order chi connectivity index (χ1) is 20.5. The van der Waals surface area contributed by atoms with Gasteiger partial charge in [-0.05, 0) is 44.2 Å². The van der Waals surface area contributed by atoms with Crippen molar-refractivity contribution < 1.29 is 33.9 Å². The predicted molar refractivity (Wildman–Crippen MR) is 156 cm³/mol. The number of nitrogens with one attached hydrogen (secondary N) is 5. The summed E-state index contributed by atoms with van der Waals surface area (Å²) >= 11 is 0. The molecule has 12 N–H and O–H groups in total. The zero-order valence-electron chi connectivity index (χ0n) is 23.8. The number of rotatable bonds is 12. The van der Waals surface area contributed by atoms with Crippen LogP contribution in [0.25, 0.3) is 0 Å². The SMILES string of the molecule is NCCCCC1NC(=O)[C@@H](Cc2ccccc2)NC(=O)[C@@H](CC(=O)O)NC(=O)CNC(=O)[C@H](CCCN=C(N)N)NC1=O. The topological polar surface area (TPSA) is 273 Å². The van der Waals surface area contributed by atoms with E-state index in [1.165, 1.54) is 0 Å². The fourth-order valence-corrected chi connectivity index (χ4v) is 4.33. The first-order valence-corrected chi connectivity index (χ1v) is 14.0. The molecule has 1 saturated heterocycles. The summed E-state index contributed by atoms with van der Waals surface area (Å²) < 4.78 is 0. The van der Waals surface area contributed by atoms with Crippen LogP contribution in [-0.4, -0.2) is 90.4 Å². The lowest BCUT2D eigenvalue weighted by molar-refractivity contribution is -0.141. The number of hydrogen-bond donors (Lipinski definition) is 9. The maximum atomic E-state index is 13.6. The summed E-state index contributed by atoms with van der Waals surface area (Å²) in [5, 5.41) is 21.9. The summed E-state index contributed by atoms with van der Waals surface area (Å²) in [4.78, 5) is 81.1. The molecule has 236 valence electrons. The molecule has 2 rings (SSSR count). The van der Waals surface area contributed by atoms with E-state index in [-0.39, 0.29) is 31.8 Å². The van der Waals surface area contributed by atoms with Gasteiger partial charge in [-0.25, -0.2) is 0 Å². The van der Waals surface area contributed by atoms with Crippen molar-refractivity contribution in [3.63, 3.8) is 0 Å². The van der Waals surface area contributed by atoms with Crippen LogP contribution < -0.4 is 43.8 Å². The standard InChI is InChI=1S/C27H41N9O7/c28-11-5-4-9-18-24(41)34-17(10-6-12-31-27(29)30)23(40)32-15-21(37)33-20(14-22(38)39)26(43)36-19(25(42)35-18)13-16-7-2-1-3-8-16/h1-3,7-8,17-20H,4-6,9-15,28H2,(H,32,40)(H,33,37)(H,34,41)(H,35,42)(H,36,43)(H,38,39)(H4,29,30,31)/t17-,18?,19+,20+/m0/s1. The van der Waals surface area contributed by atoms with Crippen molar-refractivity contribution in [2.45, 2.75) is 69.1 Å². The summed E-state index contributed by atoms with van der Waals surface area (Å²) in [5.74, 6) is -5.36. The van der Waals surface area contributed by atoms with Gasteiger partial charge < -0.3 is 48.9 Å². The van der Waals surface area contributed by atoms with Gasteiger partial charge in [-0.2, -0.15) is 0 Å². The first-order valence-electron chi connectivity index (χ1n) is 14.0. The lowest BCUT2D eigenvalue weighted by Gasteiger charge is -2.26. The van der Waals surface area contributed by atoms with Gasteiger partial charge in [-0.1, -0.05) is 30.3 Å². The number of aliphatic carboxylic acids is 1. The molecular formula is C27H41N9O7. The maximum Gasteiger partial charge on any atom is 0.305 e. The van der Waals surface area contributed by atoms with E-state index in [2.05, 4.69) is 31.6 Å². The van der Waals surface area contributed by atoms with E-state index in [4.69, 9.17) is 17.2 Å². The Labute approximate surface area is 249 Å². The van der Waals surface area contributed by atoms with Crippen molar-refractivity contribution in [2.75, 3.05) is 19.6 Å². The number of hydrogen-bond acceptors (Lipinski definition) is 8. The van der Waals surface area contributed by atoms with Gasteiger partial charge in [0.2, 0.25) is 29.5 Å². The fourth-order valence-electron chi connectivity index (χ4n) is 4.33. The summed E-state index contributed by atoms with van der Waals surface area (Å²) in [6.07, 6.45) is 0.854. The Bertz CT molecular complexity index is 1160. The lowest BCUT2D eigenvalue weighted by atomic mass is 10.0. The van der Waals surface area contributed by atoms with Crippen molar-refractivity contribution >= 4 is 41.5 Å². The number of benzene rings is 1. The van der Waals surface area contributed by atoms with Gasteiger partial charge in [0.05, 0.1) is 13.0 Å². The number of carboxylic acid groups (broad SMARTS) is 1. The van der Waals surface area contributed by atoms with Crippen molar-refractivity contribution in [3.8, 4) is 0 Å². The highest BCUT2D eigenvalue weighted by Gasteiger charge is 2.33. The smallest absolute Gasteiger partial charge is 0.305 e. The Morgan fingerprint density at radius 1 is 0.791 bits per heavy atom. The Balaban J connectivity index is 2.44. The fraction of sp³-hybridized carbons (Fsp3) is 0.519. The minimum Gasteiger partial charge on any atom is -0.481 e. The minimum atomic E-state index is -1.55. The number of unbranched alkanes of at least 4 members (excludes halogenated alkanes) is 1. The molecule has 1 aromatic carbocycles. The second-order valence-electron chi connectivity index (χ2n) is 10.0. The van der Waals surface area contributed by atoms with Crippen molar-refractivity contribution in [3.05, 3.63) is 35.9 Å². The molecule has 1 aliphatic heterocycles. The highest BCUT2D eigenvalue weighted by atomic mass is 16.4. The molecule has 0 bridgehead atoms. The predicted octanol–water partition coefficient (Wildman–Crippen LogP) is -3.04. The van der Waals surface area contributed by atoms with Gasteiger partial charge in [0, 0.05) is 13.0 Å². The Morgan fingerprint density at radius 2 is 1.37 bits per heavy atom. The van der Waals surface area contributed by atoms with Crippen molar-refractivity contribution in [1.82, 2.24) is 26.6 Å². The van der Waals surface area contributed by atoms with Crippen LogP contribution in [0.4, 0.5) is 0 Å². The Morgan fingerprint density at radius 3 is 2.00 bits per heavy atom. The third-order valence-electron chi connectivity index (χ3n) is 6.53. The number of amides is 5. The number of carbonyl (C=O) groups excluding carboxylic acids is 5. The summed E-state index contributed by atoms with van der Waals surface area (Å²) in [7, 11) is 0. The first kappa shape index (κ1) is 34.5. The van der Waals surface area contributed by atoms with Crippen LogP contribution in [0.1, 0.15) is 44.1 Å². The largest absolute Gasteiger partial charge is 0.481 e. The second-order valence-corrected chi connectivity index (χ2v) is 10.0. The normalized spacial score (nSPS) is 22.0. The Kier molecular flexibility index (Phi) is 14.4. The second kappa shape index (κ2) is 17.9. The van der Waals surface area contributed by atoms with Gasteiger partial charge in [-0.15, -0.1) is 0 Å². The van der Waals surface area contributed by atoms with E-state index >= 15 is 0 Å². The highest BCUT2D eigenvalue weighted by Crippen LogP contribution is 2.09. The highest BCUT2D eigenvalue weighted by molar-refractivity contribution is 5.98. The molecule has 1 fully saturated rings. The van der Waals surface area contributed by atoms with Crippen molar-refractivity contribution in [1.29, 1.82) is 0 Å². The molecule has 1 aliphatic rings. The zero-order valence-corrected chi connectivity index (χ0v) is 23.8. The summed E-state index contributed by atoms with van der Waals surface area (Å²) in [6, 6.07) is 3.75. The van der Waals surface area contributed by atoms with Crippen LogP contribution in [0.3, 0.4) is 0 Å². The van der Waals surface area contributed by atoms with E-state index in [0.717, 1.165) is 0 Å². The molecule has 16 nitrogen and oxygen atoms in total. The molecule has 0 aliphatic carbocycles. The molecule has 1 heterocycles. The lowest BCUT2D eigenvalue weighted by Crippen LogP contribution is -2.58. The van der Waals surface area contributed by atoms with Gasteiger partial charge in [0.15, 0.2) is 5.96 Å². The molecule has 5 amide bonds. The van der Waals surface area contributed by atoms with Crippen LogP contribution in [0, 0.1) is 0 Å². The number of nitrogens with two attached hydrogens (primary N) is 3. The van der Waals surface area contributed by atoms with Crippen LogP contribution >= 0.6 is 0 Å². The number of carbonyl (C=O) groups is 6. The third kappa shape index (κ3) is 12.8. The van der Waals surface area contributed by atoms with Gasteiger partial charge in [-0.3, -0.25) is 33.8 Å².